The van der Waals surface area contributed by atoms with E-state index in [9.17, 15) is 21.6 Å². The molecule has 2 aliphatic heterocycles. The van der Waals surface area contributed by atoms with E-state index in [1.165, 1.54) is 6.07 Å². The first-order chi connectivity index (χ1) is 19.1. The molecule has 0 aromatic heterocycles. The number of hydrogen-bond donors (Lipinski definition) is 0. The van der Waals surface area contributed by atoms with E-state index in [2.05, 4.69) is 4.18 Å². The van der Waals surface area contributed by atoms with Crippen LogP contribution in [-0.4, -0.2) is 21.0 Å². The highest BCUT2D eigenvalue weighted by molar-refractivity contribution is 7.88. The van der Waals surface area contributed by atoms with Crippen molar-refractivity contribution in [3.63, 3.8) is 0 Å². The third kappa shape index (κ3) is 4.31. The molecule has 4 aromatic rings. The third-order valence-electron chi connectivity index (χ3n) is 6.78. The zero-order valence-electron chi connectivity index (χ0n) is 20.9. The first-order valence-electron chi connectivity index (χ1n) is 12.1. The SMILES string of the molecule is COc1ccc(COc2ccc3c(c2)Oc2cc(OS(=O)(=O)C(F)(F)F)ccc2C32OCc3ccccc32)cc1. The molecule has 2 aliphatic rings. The molecule has 0 N–H and O–H groups in total. The standard InChI is InChI=1S/C29H21F3O7S/c1-35-20-8-6-18(7-9-20)16-36-21-10-12-24-26(14-21)38-27-15-22(39-40(33,34)29(30,31)32)11-13-25(27)28(24)23-5-3-2-4-19(23)17-37-28/h2-15H,16-17H2,1H3. The average molecular weight is 571 g/mol. The molecule has 0 aliphatic carbocycles. The van der Waals surface area contributed by atoms with Crippen molar-refractivity contribution >= 4 is 10.1 Å². The van der Waals surface area contributed by atoms with Gasteiger partial charge in [-0.3, -0.25) is 0 Å². The average Bonchev–Trinajstić information content (AvgIpc) is 3.31. The Hall–Kier alpha value is -4.22. The Morgan fingerprint density at radius 2 is 1.45 bits per heavy atom. The number of halogens is 3. The van der Waals surface area contributed by atoms with Crippen molar-refractivity contribution in [3.05, 3.63) is 113 Å². The van der Waals surface area contributed by atoms with Gasteiger partial charge >= 0.3 is 15.6 Å². The summed E-state index contributed by atoms with van der Waals surface area (Å²) in [6.45, 7) is 0.544. The quantitative estimate of drug-likeness (QED) is 0.195. The van der Waals surface area contributed by atoms with Crippen molar-refractivity contribution in [3.8, 4) is 28.7 Å². The summed E-state index contributed by atoms with van der Waals surface area (Å²) < 4.78 is 90.2. The second-order valence-corrected chi connectivity index (χ2v) is 10.7. The summed E-state index contributed by atoms with van der Waals surface area (Å²) in [5.41, 5.74) is -2.89. The molecule has 7 nitrogen and oxygen atoms in total. The van der Waals surface area contributed by atoms with Crippen LogP contribution in [0.1, 0.15) is 27.8 Å². The number of fused-ring (bicyclic) bond motifs is 6. The van der Waals surface area contributed by atoms with E-state index in [1.807, 2.05) is 54.6 Å². The van der Waals surface area contributed by atoms with Crippen LogP contribution in [0.2, 0.25) is 0 Å². The van der Waals surface area contributed by atoms with Crippen molar-refractivity contribution in [1.29, 1.82) is 0 Å². The lowest BCUT2D eigenvalue weighted by atomic mass is 9.77. The fraction of sp³-hybridized carbons (Fsp3) is 0.172. The van der Waals surface area contributed by atoms with E-state index in [0.29, 0.717) is 22.6 Å². The molecule has 0 fully saturated rings. The van der Waals surface area contributed by atoms with Crippen LogP contribution in [0.5, 0.6) is 28.7 Å². The number of alkyl halides is 3. The molecule has 1 atom stereocenters. The van der Waals surface area contributed by atoms with Crippen LogP contribution in [-0.2, 0) is 33.7 Å². The van der Waals surface area contributed by atoms with E-state index >= 15 is 0 Å². The smallest absolute Gasteiger partial charge is 0.497 e. The van der Waals surface area contributed by atoms with Crippen LogP contribution < -0.4 is 18.4 Å². The Morgan fingerprint density at radius 3 is 2.12 bits per heavy atom. The van der Waals surface area contributed by atoms with Crippen molar-refractivity contribution in [2.75, 3.05) is 7.11 Å². The van der Waals surface area contributed by atoms with Gasteiger partial charge in [-0.2, -0.15) is 21.6 Å². The minimum absolute atomic E-state index is 0.0892. The van der Waals surface area contributed by atoms with Gasteiger partial charge in [0.2, 0.25) is 0 Å². The molecule has 0 saturated carbocycles. The zero-order chi connectivity index (χ0) is 28.1. The molecule has 206 valence electrons. The molecule has 0 bridgehead atoms. The first-order valence-corrected chi connectivity index (χ1v) is 13.5. The maximum atomic E-state index is 13.0. The van der Waals surface area contributed by atoms with Gasteiger partial charge < -0.3 is 23.1 Å². The molecule has 4 aromatic carbocycles. The van der Waals surface area contributed by atoms with Crippen LogP contribution in [0, 0.1) is 0 Å². The summed E-state index contributed by atoms with van der Waals surface area (Å²) in [7, 11) is -4.29. The van der Waals surface area contributed by atoms with Gasteiger partial charge in [-0.25, -0.2) is 0 Å². The molecule has 11 heteroatoms. The first kappa shape index (κ1) is 26.0. The predicted octanol–water partition coefficient (Wildman–Crippen LogP) is 6.43. The van der Waals surface area contributed by atoms with Gasteiger partial charge in [-0.1, -0.05) is 36.4 Å². The van der Waals surface area contributed by atoms with Crippen LogP contribution in [0.25, 0.3) is 0 Å². The summed E-state index contributed by atoms with van der Waals surface area (Å²) in [5.74, 6) is 1.08. The molecule has 1 spiro atoms. The van der Waals surface area contributed by atoms with Crippen molar-refractivity contribution in [2.24, 2.45) is 0 Å². The maximum Gasteiger partial charge on any atom is 0.534 e. The Kier molecular flexibility index (Phi) is 6.15. The second kappa shape index (κ2) is 9.46. The highest BCUT2D eigenvalue weighted by Crippen LogP contribution is 2.57. The molecule has 1 unspecified atom stereocenters. The fourth-order valence-electron chi connectivity index (χ4n) is 4.92. The minimum atomic E-state index is -5.87. The zero-order valence-corrected chi connectivity index (χ0v) is 21.7. The second-order valence-electron chi connectivity index (χ2n) is 9.16. The van der Waals surface area contributed by atoms with Gasteiger partial charge in [-0.15, -0.1) is 0 Å². The Labute approximate surface area is 227 Å². The number of ether oxygens (including phenoxy) is 4. The van der Waals surface area contributed by atoms with Crippen LogP contribution in [0.15, 0.2) is 84.9 Å². The Balaban J connectivity index is 1.40. The summed E-state index contributed by atoms with van der Waals surface area (Å²) in [6, 6.07) is 24.0. The van der Waals surface area contributed by atoms with Gasteiger partial charge in [0, 0.05) is 23.3 Å². The molecule has 6 rings (SSSR count). The van der Waals surface area contributed by atoms with E-state index in [-0.39, 0.29) is 19.0 Å². The summed E-state index contributed by atoms with van der Waals surface area (Å²) in [4.78, 5) is 0. The van der Waals surface area contributed by atoms with E-state index in [0.717, 1.165) is 34.6 Å². The van der Waals surface area contributed by atoms with Crippen molar-refractivity contribution in [1.82, 2.24) is 0 Å². The number of hydrogen-bond acceptors (Lipinski definition) is 7. The maximum absolute atomic E-state index is 13.0. The Bertz CT molecular complexity index is 1700. The van der Waals surface area contributed by atoms with Gasteiger partial charge in [0.25, 0.3) is 0 Å². The van der Waals surface area contributed by atoms with E-state index in [4.69, 9.17) is 18.9 Å². The monoisotopic (exact) mass is 570 g/mol. The molecule has 0 amide bonds. The van der Waals surface area contributed by atoms with Crippen LogP contribution >= 0.6 is 0 Å². The lowest BCUT2D eigenvalue weighted by molar-refractivity contribution is -0.0500. The van der Waals surface area contributed by atoms with Gasteiger partial charge in [0.1, 0.15) is 35.4 Å². The molecule has 40 heavy (non-hydrogen) atoms. The third-order valence-corrected chi connectivity index (χ3v) is 7.76. The number of rotatable bonds is 6. The van der Waals surface area contributed by atoms with Crippen LogP contribution in [0.3, 0.4) is 0 Å². The number of methoxy groups -OCH3 is 1. The highest BCUT2D eigenvalue weighted by Gasteiger charge is 2.51. The topological polar surface area (TPSA) is 80.3 Å². The fourth-order valence-corrected chi connectivity index (χ4v) is 5.37. The van der Waals surface area contributed by atoms with Crippen molar-refractivity contribution < 1.29 is 44.7 Å². The minimum Gasteiger partial charge on any atom is -0.497 e. The van der Waals surface area contributed by atoms with Gasteiger partial charge in [0.15, 0.2) is 5.60 Å². The predicted molar refractivity (Wildman–Crippen MR) is 137 cm³/mol. The molecular weight excluding hydrogens is 549 g/mol. The highest BCUT2D eigenvalue weighted by atomic mass is 32.2. The molecule has 2 heterocycles. The van der Waals surface area contributed by atoms with Crippen molar-refractivity contribution in [2.45, 2.75) is 24.3 Å². The normalized spacial score (nSPS) is 17.4. The summed E-state index contributed by atoms with van der Waals surface area (Å²) in [5, 5.41) is 0. The lowest BCUT2D eigenvalue weighted by Crippen LogP contribution is -2.32. The lowest BCUT2D eigenvalue weighted by Gasteiger charge is -2.37. The van der Waals surface area contributed by atoms with Crippen LogP contribution in [0.4, 0.5) is 13.2 Å². The van der Waals surface area contributed by atoms with Gasteiger partial charge in [-0.05, 0) is 53.1 Å². The molecule has 0 radical (unpaired) electrons. The molecule has 0 saturated heterocycles. The molecular formula is C29H21F3O7S. The summed E-state index contributed by atoms with van der Waals surface area (Å²) in [6.07, 6.45) is 0. The Morgan fingerprint density at radius 1 is 0.825 bits per heavy atom. The summed E-state index contributed by atoms with van der Waals surface area (Å²) >= 11 is 0. The van der Waals surface area contributed by atoms with E-state index in [1.54, 1.807) is 19.2 Å². The largest absolute Gasteiger partial charge is 0.534 e. The number of benzene rings is 4. The van der Waals surface area contributed by atoms with E-state index < -0.39 is 27.0 Å². The van der Waals surface area contributed by atoms with Gasteiger partial charge in [0.05, 0.1) is 13.7 Å².